The minimum atomic E-state index is 0.694. The Morgan fingerprint density at radius 3 is 2.81 bits per heavy atom. The van der Waals surface area contributed by atoms with Crippen molar-refractivity contribution in [2.75, 3.05) is 0 Å². The number of fused-ring (bicyclic) bond motifs is 1. The molecule has 16 heavy (non-hydrogen) atoms. The zero-order chi connectivity index (χ0) is 11.0. The normalized spacial score (nSPS) is 31.2. The van der Waals surface area contributed by atoms with Gasteiger partial charge in [0.15, 0.2) is 0 Å². The number of allylic oxidation sites excluding steroid dienone is 1. The zero-order valence-electron chi connectivity index (χ0n) is 9.20. The molecule has 0 aromatic heterocycles. The van der Waals surface area contributed by atoms with Crippen LogP contribution in [0.15, 0.2) is 36.4 Å². The Bertz CT molecular complexity index is 396. The Labute approximate surface area is 102 Å². The first-order valence-corrected chi connectivity index (χ1v) is 6.35. The minimum absolute atomic E-state index is 0.694. The number of benzene rings is 1. The van der Waals surface area contributed by atoms with Crippen molar-refractivity contribution < 1.29 is 0 Å². The van der Waals surface area contributed by atoms with Crippen molar-refractivity contribution >= 4 is 11.6 Å². The Balaban J connectivity index is 1.53. The Morgan fingerprint density at radius 1 is 1.25 bits per heavy atom. The topological polar surface area (TPSA) is 12.0 Å². The number of hydrogen-bond donors (Lipinski definition) is 1. The molecule has 0 aliphatic heterocycles. The number of rotatable bonds is 3. The van der Waals surface area contributed by atoms with Gasteiger partial charge in [-0.1, -0.05) is 35.9 Å². The van der Waals surface area contributed by atoms with Crippen LogP contribution in [0.2, 0.25) is 5.02 Å². The second-order valence-electron chi connectivity index (χ2n) is 4.85. The lowest BCUT2D eigenvalue weighted by atomic mass is 9.71. The molecule has 1 fully saturated rings. The second-order valence-corrected chi connectivity index (χ2v) is 5.29. The molecular formula is C14H16ClN. The molecule has 0 amide bonds. The summed E-state index contributed by atoms with van der Waals surface area (Å²) in [6.07, 6.45) is 7.35. The van der Waals surface area contributed by atoms with E-state index in [-0.39, 0.29) is 0 Å². The van der Waals surface area contributed by atoms with Gasteiger partial charge >= 0.3 is 0 Å². The summed E-state index contributed by atoms with van der Waals surface area (Å²) < 4.78 is 0. The maximum absolute atomic E-state index is 5.86. The third-order valence-electron chi connectivity index (χ3n) is 3.84. The molecule has 3 unspecified atom stereocenters. The van der Waals surface area contributed by atoms with Crippen molar-refractivity contribution in [1.82, 2.24) is 5.32 Å². The van der Waals surface area contributed by atoms with Gasteiger partial charge in [-0.25, -0.2) is 0 Å². The van der Waals surface area contributed by atoms with Gasteiger partial charge in [0.1, 0.15) is 0 Å². The number of hydrogen-bond acceptors (Lipinski definition) is 1. The van der Waals surface area contributed by atoms with E-state index >= 15 is 0 Å². The predicted octanol–water partition coefficient (Wildman–Crippen LogP) is 3.39. The smallest absolute Gasteiger partial charge is 0.0406 e. The van der Waals surface area contributed by atoms with E-state index in [1.54, 1.807) is 0 Å². The molecule has 0 heterocycles. The molecule has 1 aromatic rings. The molecule has 1 N–H and O–H groups in total. The van der Waals surface area contributed by atoms with Crippen LogP contribution in [0.25, 0.3) is 0 Å². The van der Waals surface area contributed by atoms with Gasteiger partial charge in [0.2, 0.25) is 0 Å². The molecule has 0 spiro atoms. The van der Waals surface area contributed by atoms with E-state index in [1.807, 2.05) is 12.1 Å². The van der Waals surface area contributed by atoms with Crippen LogP contribution in [0.3, 0.4) is 0 Å². The minimum Gasteiger partial charge on any atom is -0.309 e. The molecule has 0 bridgehead atoms. The Morgan fingerprint density at radius 2 is 2.06 bits per heavy atom. The first-order chi connectivity index (χ1) is 7.83. The summed E-state index contributed by atoms with van der Waals surface area (Å²) in [6, 6.07) is 8.79. The third-order valence-corrected chi connectivity index (χ3v) is 4.10. The van der Waals surface area contributed by atoms with Gasteiger partial charge in [0, 0.05) is 17.6 Å². The average Bonchev–Trinajstić information content (AvgIpc) is 2.63. The first kappa shape index (κ1) is 10.4. The molecule has 0 saturated heterocycles. The molecule has 84 valence electrons. The van der Waals surface area contributed by atoms with Crippen molar-refractivity contribution in [1.29, 1.82) is 0 Å². The zero-order valence-corrected chi connectivity index (χ0v) is 9.95. The van der Waals surface area contributed by atoms with Gasteiger partial charge in [-0.05, 0) is 42.4 Å². The summed E-state index contributed by atoms with van der Waals surface area (Å²) in [7, 11) is 0. The van der Waals surface area contributed by atoms with Crippen molar-refractivity contribution in [2.24, 2.45) is 11.8 Å². The van der Waals surface area contributed by atoms with Gasteiger partial charge in [0.05, 0.1) is 0 Å². The summed E-state index contributed by atoms with van der Waals surface area (Å²) >= 11 is 5.86. The Kier molecular flexibility index (Phi) is 2.74. The molecule has 3 atom stereocenters. The van der Waals surface area contributed by atoms with Crippen molar-refractivity contribution in [3.8, 4) is 0 Å². The van der Waals surface area contributed by atoms with E-state index in [2.05, 4.69) is 29.6 Å². The molecule has 0 radical (unpaired) electrons. The third kappa shape index (κ3) is 1.90. The van der Waals surface area contributed by atoms with Crippen LogP contribution in [0.1, 0.15) is 18.4 Å². The van der Waals surface area contributed by atoms with Gasteiger partial charge in [-0.3, -0.25) is 0 Å². The fourth-order valence-electron chi connectivity index (χ4n) is 2.80. The molecule has 1 aromatic carbocycles. The lowest BCUT2D eigenvalue weighted by Crippen LogP contribution is -2.47. The summed E-state index contributed by atoms with van der Waals surface area (Å²) in [6.45, 7) is 0.957. The standard InChI is InChI=1S/C14H16ClN/c15-12-6-4-10(5-7-12)9-16-14-8-11-2-1-3-13(11)14/h1,3-7,11,13-14,16H,2,8-9H2. The maximum atomic E-state index is 5.86. The van der Waals surface area contributed by atoms with E-state index in [0.717, 1.165) is 23.4 Å². The van der Waals surface area contributed by atoms with Crippen LogP contribution in [-0.2, 0) is 6.54 Å². The fraction of sp³-hybridized carbons (Fsp3) is 0.429. The van der Waals surface area contributed by atoms with E-state index in [9.17, 15) is 0 Å². The van der Waals surface area contributed by atoms with Crippen molar-refractivity contribution in [2.45, 2.75) is 25.4 Å². The Hall–Kier alpha value is -0.790. The first-order valence-electron chi connectivity index (χ1n) is 5.97. The molecule has 3 rings (SSSR count). The maximum Gasteiger partial charge on any atom is 0.0406 e. The summed E-state index contributed by atoms with van der Waals surface area (Å²) in [5, 5.41) is 4.44. The lowest BCUT2D eigenvalue weighted by Gasteiger charge is -2.40. The molecule has 2 heteroatoms. The summed E-state index contributed by atoms with van der Waals surface area (Å²) in [5.74, 6) is 1.73. The molecular weight excluding hydrogens is 218 g/mol. The van der Waals surface area contributed by atoms with Gasteiger partial charge in [-0.15, -0.1) is 0 Å². The van der Waals surface area contributed by atoms with Crippen LogP contribution >= 0.6 is 11.6 Å². The summed E-state index contributed by atoms with van der Waals surface area (Å²) in [4.78, 5) is 0. The largest absolute Gasteiger partial charge is 0.309 e. The molecule has 1 nitrogen and oxygen atoms in total. The van der Waals surface area contributed by atoms with Crippen LogP contribution in [-0.4, -0.2) is 6.04 Å². The highest BCUT2D eigenvalue weighted by molar-refractivity contribution is 6.30. The highest BCUT2D eigenvalue weighted by atomic mass is 35.5. The fourth-order valence-corrected chi connectivity index (χ4v) is 2.92. The van der Waals surface area contributed by atoms with Crippen molar-refractivity contribution in [3.05, 3.63) is 47.0 Å². The number of nitrogens with one attached hydrogen (secondary N) is 1. The van der Waals surface area contributed by atoms with Gasteiger partial charge < -0.3 is 5.32 Å². The quantitative estimate of drug-likeness (QED) is 0.790. The van der Waals surface area contributed by atoms with E-state index < -0.39 is 0 Å². The van der Waals surface area contributed by atoms with Crippen LogP contribution < -0.4 is 5.32 Å². The van der Waals surface area contributed by atoms with Crippen LogP contribution in [0.5, 0.6) is 0 Å². The van der Waals surface area contributed by atoms with Crippen molar-refractivity contribution in [3.63, 3.8) is 0 Å². The van der Waals surface area contributed by atoms with Crippen LogP contribution in [0.4, 0.5) is 0 Å². The highest BCUT2D eigenvalue weighted by Gasteiger charge is 2.40. The van der Waals surface area contributed by atoms with Gasteiger partial charge in [-0.2, -0.15) is 0 Å². The lowest BCUT2D eigenvalue weighted by molar-refractivity contribution is 0.162. The summed E-state index contributed by atoms with van der Waals surface area (Å²) in [5.41, 5.74) is 1.31. The van der Waals surface area contributed by atoms with Crippen LogP contribution in [0, 0.1) is 11.8 Å². The second kappa shape index (κ2) is 4.23. The average molecular weight is 234 g/mol. The monoisotopic (exact) mass is 233 g/mol. The highest BCUT2D eigenvalue weighted by Crippen LogP contribution is 2.42. The molecule has 2 aliphatic carbocycles. The molecule has 2 aliphatic rings. The van der Waals surface area contributed by atoms with E-state index in [0.29, 0.717) is 6.04 Å². The van der Waals surface area contributed by atoms with E-state index in [1.165, 1.54) is 18.4 Å². The van der Waals surface area contributed by atoms with Gasteiger partial charge in [0.25, 0.3) is 0 Å². The molecule has 1 saturated carbocycles. The SMILES string of the molecule is Clc1ccc(CNC2CC3CC=CC32)cc1. The number of halogens is 1. The van der Waals surface area contributed by atoms with E-state index in [4.69, 9.17) is 11.6 Å². The predicted molar refractivity (Wildman–Crippen MR) is 67.4 cm³/mol.